The quantitative estimate of drug-likeness (QED) is 0.836. The van der Waals surface area contributed by atoms with Gasteiger partial charge in [-0.3, -0.25) is 4.79 Å². The van der Waals surface area contributed by atoms with E-state index in [0.717, 1.165) is 4.31 Å². The first-order valence-electron chi connectivity index (χ1n) is 7.82. The number of hydrogen-bond donors (Lipinski definition) is 1. The topological polar surface area (TPSA) is 75.7 Å². The molecule has 2 aromatic rings. The third-order valence-corrected chi connectivity index (χ3v) is 5.71. The first-order valence-corrected chi connectivity index (χ1v) is 9.26. The molecule has 0 radical (unpaired) electrons. The number of carbonyl (C=O) groups is 1. The second-order valence-electron chi connectivity index (χ2n) is 5.90. The number of ether oxygens (including phenoxy) is 1. The van der Waals surface area contributed by atoms with Crippen molar-refractivity contribution in [2.45, 2.75) is 18.7 Å². The van der Waals surface area contributed by atoms with Crippen LogP contribution in [0.15, 0.2) is 41.3 Å². The maximum atomic E-state index is 13.3. The summed E-state index contributed by atoms with van der Waals surface area (Å²) in [5, 5.41) is 2.53. The van der Waals surface area contributed by atoms with Gasteiger partial charge in [-0.15, -0.1) is 0 Å². The van der Waals surface area contributed by atoms with Crippen molar-refractivity contribution in [3.8, 4) is 5.75 Å². The van der Waals surface area contributed by atoms with Crippen molar-refractivity contribution in [1.82, 2.24) is 4.31 Å². The lowest BCUT2D eigenvalue weighted by molar-refractivity contribution is -0.116. The lowest BCUT2D eigenvalue weighted by Gasteiger charge is -2.18. The number of aryl methyl sites for hydroxylation is 2. The number of methoxy groups -OCH3 is 1. The molecule has 0 aliphatic rings. The summed E-state index contributed by atoms with van der Waals surface area (Å²) < 4.78 is 44.6. The highest BCUT2D eigenvalue weighted by molar-refractivity contribution is 7.89. The Hall–Kier alpha value is -2.45. The predicted molar refractivity (Wildman–Crippen MR) is 97.3 cm³/mol. The van der Waals surface area contributed by atoms with E-state index in [1.165, 1.54) is 44.5 Å². The summed E-state index contributed by atoms with van der Waals surface area (Å²) in [4.78, 5) is 12.2. The number of nitrogens with zero attached hydrogens (tertiary/aromatic N) is 1. The molecule has 0 saturated carbocycles. The Balaban J connectivity index is 2.14. The number of halogens is 1. The molecular weight excluding hydrogens is 359 g/mol. The minimum atomic E-state index is -3.85. The monoisotopic (exact) mass is 380 g/mol. The van der Waals surface area contributed by atoms with Crippen LogP contribution in [0.2, 0.25) is 0 Å². The van der Waals surface area contributed by atoms with Gasteiger partial charge in [-0.1, -0.05) is 6.07 Å². The summed E-state index contributed by atoms with van der Waals surface area (Å²) in [7, 11) is -1.04. The van der Waals surface area contributed by atoms with Crippen molar-refractivity contribution in [3.63, 3.8) is 0 Å². The molecule has 1 N–H and O–H groups in total. The molecule has 8 heteroatoms. The van der Waals surface area contributed by atoms with Gasteiger partial charge in [-0.25, -0.2) is 12.8 Å². The third kappa shape index (κ3) is 4.39. The van der Waals surface area contributed by atoms with Gasteiger partial charge in [0.2, 0.25) is 15.9 Å². The molecule has 0 saturated heterocycles. The number of carbonyl (C=O) groups excluding carboxylic acids is 1. The van der Waals surface area contributed by atoms with Crippen LogP contribution >= 0.6 is 0 Å². The fraction of sp³-hybridized carbons (Fsp3) is 0.278. The van der Waals surface area contributed by atoms with Crippen molar-refractivity contribution in [2.75, 3.05) is 26.0 Å². The van der Waals surface area contributed by atoms with Crippen LogP contribution in [0.4, 0.5) is 10.1 Å². The fourth-order valence-corrected chi connectivity index (χ4v) is 3.61. The predicted octanol–water partition coefficient (Wildman–Crippen LogP) is 2.71. The number of likely N-dealkylation sites (N-methyl/N-ethyl adjacent to an activating group) is 1. The van der Waals surface area contributed by atoms with Crippen LogP contribution in [0.3, 0.4) is 0 Å². The van der Waals surface area contributed by atoms with E-state index in [1.54, 1.807) is 19.9 Å². The van der Waals surface area contributed by atoms with Crippen molar-refractivity contribution < 1.29 is 22.3 Å². The molecule has 0 fully saturated rings. The third-order valence-electron chi connectivity index (χ3n) is 3.91. The number of hydrogen-bond acceptors (Lipinski definition) is 4. The lowest BCUT2D eigenvalue weighted by Crippen LogP contribution is -2.35. The van der Waals surface area contributed by atoms with Crippen LogP contribution in [-0.2, 0) is 14.8 Å². The number of sulfonamides is 1. The highest BCUT2D eigenvalue weighted by atomic mass is 32.2. The molecule has 0 heterocycles. The first kappa shape index (κ1) is 19.9. The van der Waals surface area contributed by atoms with Gasteiger partial charge in [0.15, 0.2) is 0 Å². The van der Waals surface area contributed by atoms with E-state index >= 15 is 0 Å². The lowest BCUT2D eigenvalue weighted by atomic mass is 10.2. The van der Waals surface area contributed by atoms with Gasteiger partial charge in [-0.2, -0.15) is 4.31 Å². The molecule has 2 rings (SSSR count). The molecule has 140 valence electrons. The molecule has 0 bridgehead atoms. The fourth-order valence-electron chi connectivity index (χ4n) is 2.40. The highest BCUT2D eigenvalue weighted by Crippen LogP contribution is 2.23. The Labute approximate surface area is 152 Å². The van der Waals surface area contributed by atoms with Crippen molar-refractivity contribution >= 4 is 21.6 Å². The van der Waals surface area contributed by atoms with Crippen LogP contribution in [-0.4, -0.2) is 39.3 Å². The van der Waals surface area contributed by atoms with Crippen LogP contribution in [0.5, 0.6) is 5.75 Å². The zero-order chi connectivity index (χ0) is 19.5. The summed E-state index contributed by atoms with van der Waals surface area (Å²) in [5.41, 5.74) is 1.65. The summed E-state index contributed by atoms with van der Waals surface area (Å²) in [6.45, 7) is 3.05. The van der Waals surface area contributed by atoms with Crippen molar-refractivity contribution in [1.29, 1.82) is 0 Å². The number of nitrogens with one attached hydrogen (secondary N) is 1. The van der Waals surface area contributed by atoms with E-state index in [1.807, 2.05) is 0 Å². The molecule has 0 unspecified atom stereocenters. The average Bonchev–Trinajstić information content (AvgIpc) is 2.57. The van der Waals surface area contributed by atoms with Gasteiger partial charge in [0.05, 0.1) is 18.6 Å². The molecule has 0 spiro atoms. The Morgan fingerprint density at radius 3 is 2.46 bits per heavy atom. The van der Waals surface area contributed by atoms with E-state index in [4.69, 9.17) is 4.74 Å². The highest BCUT2D eigenvalue weighted by Gasteiger charge is 2.24. The second kappa shape index (κ2) is 7.84. The van der Waals surface area contributed by atoms with Gasteiger partial charge < -0.3 is 10.1 Å². The molecule has 0 aromatic heterocycles. The average molecular weight is 380 g/mol. The van der Waals surface area contributed by atoms with Crippen molar-refractivity contribution in [3.05, 3.63) is 53.3 Å². The first-order chi connectivity index (χ1) is 12.1. The van der Waals surface area contributed by atoms with Crippen molar-refractivity contribution in [2.24, 2.45) is 0 Å². The van der Waals surface area contributed by atoms with E-state index in [2.05, 4.69) is 5.32 Å². The Morgan fingerprint density at radius 2 is 1.85 bits per heavy atom. The molecule has 0 aliphatic heterocycles. The van der Waals surface area contributed by atoms with Crippen LogP contribution < -0.4 is 10.1 Å². The number of rotatable bonds is 6. The second-order valence-corrected chi connectivity index (χ2v) is 7.94. The summed E-state index contributed by atoms with van der Waals surface area (Å²) in [5.74, 6) is -0.471. The minimum absolute atomic E-state index is 0.0630. The van der Waals surface area contributed by atoms with Crippen LogP contribution in [0.25, 0.3) is 0 Å². The summed E-state index contributed by atoms with van der Waals surface area (Å²) in [6, 6.07) is 8.48. The molecule has 2 aromatic carbocycles. The summed E-state index contributed by atoms with van der Waals surface area (Å²) >= 11 is 0. The van der Waals surface area contributed by atoms with Gasteiger partial charge in [0.25, 0.3) is 0 Å². The zero-order valence-corrected chi connectivity index (χ0v) is 15.9. The number of anilines is 1. The van der Waals surface area contributed by atoms with E-state index < -0.39 is 28.3 Å². The smallest absolute Gasteiger partial charge is 0.243 e. The van der Waals surface area contributed by atoms with Crippen LogP contribution in [0.1, 0.15) is 11.1 Å². The largest absolute Gasteiger partial charge is 0.496 e. The molecule has 26 heavy (non-hydrogen) atoms. The Kier molecular flexibility index (Phi) is 5.99. The van der Waals surface area contributed by atoms with Gasteiger partial charge >= 0.3 is 0 Å². The van der Waals surface area contributed by atoms with Gasteiger partial charge in [0.1, 0.15) is 11.6 Å². The van der Waals surface area contributed by atoms with Crippen LogP contribution in [0, 0.1) is 19.7 Å². The van der Waals surface area contributed by atoms with E-state index in [-0.39, 0.29) is 4.90 Å². The minimum Gasteiger partial charge on any atom is -0.496 e. The van der Waals surface area contributed by atoms with Gasteiger partial charge in [0, 0.05) is 12.7 Å². The maximum Gasteiger partial charge on any atom is 0.243 e. The van der Waals surface area contributed by atoms with E-state index in [9.17, 15) is 17.6 Å². The molecule has 0 aliphatic carbocycles. The standard InChI is InChI=1S/C18H21FN2O4S/c1-12-5-6-14(19)10-16(12)20-18(22)11-21(3)26(23,24)15-7-8-17(25-4)13(2)9-15/h5-10H,11H2,1-4H3,(H,20,22). The summed E-state index contributed by atoms with van der Waals surface area (Å²) in [6.07, 6.45) is 0. The Morgan fingerprint density at radius 1 is 1.15 bits per heavy atom. The molecular formula is C18H21FN2O4S. The number of benzene rings is 2. The SMILES string of the molecule is COc1ccc(S(=O)(=O)N(C)CC(=O)Nc2cc(F)ccc2C)cc1C. The molecule has 6 nitrogen and oxygen atoms in total. The van der Waals surface area contributed by atoms with Gasteiger partial charge in [-0.05, 0) is 55.3 Å². The maximum absolute atomic E-state index is 13.3. The normalized spacial score (nSPS) is 11.5. The van der Waals surface area contributed by atoms with E-state index in [0.29, 0.717) is 22.6 Å². The zero-order valence-electron chi connectivity index (χ0n) is 15.0. The molecule has 0 atom stereocenters. The Bertz CT molecular complexity index is 929. The molecule has 1 amide bonds. The number of amides is 1.